The molecule has 2 rings (SSSR count). The third-order valence-corrected chi connectivity index (χ3v) is 3.94. The summed E-state index contributed by atoms with van der Waals surface area (Å²) in [5.41, 5.74) is 2.36. The minimum Gasteiger partial charge on any atom is -0.314 e. The Bertz CT molecular complexity index is 381. The normalized spacial score (nSPS) is 18.6. The number of nitrogens with one attached hydrogen (secondary N) is 1. The maximum absolute atomic E-state index is 4.76. The van der Waals surface area contributed by atoms with E-state index in [0.717, 1.165) is 31.9 Å². The lowest BCUT2D eigenvalue weighted by Gasteiger charge is -2.37. The lowest BCUT2D eigenvalue weighted by molar-refractivity contribution is 0.125. The molecule has 1 N–H and O–H groups in total. The zero-order chi connectivity index (χ0) is 13.0. The summed E-state index contributed by atoms with van der Waals surface area (Å²) >= 11 is 0. The van der Waals surface area contributed by atoms with Crippen LogP contribution in [-0.2, 0) is 0 Å². The molecule has 1 fully saturated rings. The van der Waals surface area contributed by atoms with Crippen molar-refractivity contribution in [3.05, 3.63) is 29.6 Å². The molecule has 1 aliphatic rings. The van der Waals surface area contributed by atoms with Crippen molar-refractivity contribution < 1.29 is 0 Å². The smallest absolute Gasteiger partial charge is 0.0581 e. The number of rotatable bonds is 4. The average Bonchev–Trinajstić information content (AvgIpc) is 2.40. The molecule has 0 spiro atoms. The van der Waals surface area contributed by atoms with Crippen molar-refractivity contribution in [3.8, 4) is 0 Å². The summed E-state index contributed by atoms with van der Waals surface area (Å²) in [5, 5.41) is 3.43. The van der Waals surface area contributed by atoms with Crippen LogP contribution in [0.3, 0.4) is 0 Å². The van der Waals surface area contributed by atoms with Gasteiger partial charge in [0.25, 0.3) is 0 Å². The van der Waals surface area contributed by atoms with Gasteiger partial charge in [-0.25, -0.2) is 0 Å². The Hall–Kier alpha value is -0.350. The van der Waals surface area contributed by atoms with E-state index in [0.29, 0.717) is 12.0 Å². The molecule has 1 aromatic heterocycles. The van der Waals surface area contributed by atoms with Crippen molar-refractivity contribution in [3.63, 3.8) is 0 Å². The topological polar surface area (TPSA) is 28.2 Å². The van der Waals surface area contributed by atoms with Gasteiger partial charge in [-0.15, -0.1) is 24.8 Å². The van der Waals surface area contributed by atoms with E-state index in [1.807, 2.05) is 0 Å². The minimum atomic E-state index is 0. The van der Waals surface area contributed by atoms with Gasteiger partial charge in [0.05, 0.1) is 11.7 Å². The monoisotopic (exact) mass is 319 g/mol. The van der Waals surface area contributed by atoms with Crippen molar-refractivity contribution >= 4 is 24.8 Å². The SMILES string of the molecule is CCC(C)[C@@H](c1cccc(C)n1)N1CCNCC1.Cl.Cl. The number of aromatic nitrogens is 1. The standard InChI is InChI=1S/C15H25N3.2ClH/c1-4-12(2)15(18-10-8-16-9-11-18)14-7-5-6-13(3)17-14;;/h5-7,12,15-16H,4,8-11H2,1-3H3;2*1H/t12?,15-;;/m0../s1. The fourth-order valence-corrected chi connectivity index (χ4v) is 2.75. The lowest BCUT2D eigenvalue weighted by Crippen LogP contribution is -2.46. The molecule has 0 amide bonds. The van der Waals surface area contributed by atoms with E-state index in [1.54, 1.807) is 0 Å². The molecule has 1 aromatic rings. The van der Waals surface area contributed by atoms with Gasteiger partial charge in [0, 0.05) is 31.9 Å². The number of pyridine rings is 1. The summed E-state index contributed by atoms with van der Waals surface area (Å²) < 4.78 is 0. The lowest BCUT2D eigenvalue weighted by atomic mass is 9.93. The molecular formula is C15H27Cl2N3. The molecule has 0 aromatic carbocycles. The Labute approximate surface area is 135 Å². The van der Waals surface area contributed by atoms with Gasteiger partial charge in [-0.05, 0) is 25.0 Å². The van der Waals surface area contributed by atoms with Crippen LogP contribution in [0.2, 0.25) is 0 Å². The first kappa shape index (κ1) is 19.7. The highest BCUT2D eigenvalue weighted by Gasteiger charge is 2.27. The van der Waals surface area contributed by atoms with Crippen LogP contribution in [0.4, 0.5) is 0 Å². The third-order valence-electron chi connectivity index (χ3n) is 3.94. The second-order valence-corrected chi connectivity index (χ2v) is 5.32. The maximum Gasteiger partial charge on any atom is 0.0581 e. The molecule has 20 heavy (non-hydrogen) atoms. The van der Waals surface area contributed by atoms with E-state index >= 15 is 0 Å². The van der Waals surface area contributed by atoms with E-state index in [4.69, 9.17) is 4.98 Å². The maximum atomic E-state index is 4.76. The zero-order valence-electron chi connectivity index (χ0n) is 12.6. The second-order valence-electron chi connectivity index (χ2n) is 5.32. The van der Waals surface area contributed by atoms with Crippen molar-refractivity contribution in [2.45, 2.75) is 33.2 Å². The Morgan fingerprint density at radius 2 is 1.90 bits per heavy atom. The molecule has 5 heteroatoms. The van der Waals surface area contributed by atoms with Crippen LogP contribution in [0.25, 0.3) is 0 Å². The number of nitrogens with zero attached hydrogens (tertiary/aromatic N) is 2. The molecule has 0 radical (unpaired) electrons. The molecule has 0 bridgehead atoms. The first-order valence-corrected chi connectivity index (χ1v) is 7.10. The first-order chi connectivity index (χ1) is 8.72. The molecular weight excluding hydrogens is 293 g/mol. The summed E-state index contributed by atoms with van der Waals surface area (Å²) in [6.07, 6.45) is 1.20. The van der Waals surface area contributed by atoms with Crippen LogP contribution in [0.1, 0.15) is 37.7 Å². The Balaban J connectivity index is 0.00000180. The predicted octanol–water partition coefficient (Wildman–Crippen LogP) is 3.23. The second kappa shape index (κ2) is 9.56. The van der Waals surface area contributed by atoms with Crippen LogP contribution in [0.5, 0.6) is 0 Å². The van der Waals surface area contributed by atoms with E-state index < -0.39 is 0 Å². The van der Waals surface area contributed by atoms with Gasteiger partial charge in [0.1, 0.15) is 0 Å². The fraction of sp³-hybridized carbons (Fsp3) is 0.667. The number of hydrogen-bond donors (Lipinski definition) is 1. The Morgan fingerprint density at radius 1 is 1.25 bits per heavy atom. The van der Waals surface area contributed by atoms with Gasteiger partial charge in [-0.3, -0.25) is 9.88 Å². The Morgan fingerprint density at radius 3 is 2.45 bits per heavy atom. The van der Waals surface area contributed by atoms with Crippen LogP contribution in [-0.4, -0.2) is 36.1 Å². The van der Waals surface area contributed by atoms with Crippen LogP contribution in [0.15, 0.2) is 18.2 Å². The van der Waals surface area contributed by atoms with Crippen molar-refractivity contribution in [1.29, 1.82) is 0 Å². The first-order valence-electron chi connectivity index (χ1n) is 7.10. The van der Waals surface area contributed by atoms with Gasteiger partial charge in [0.15, 0.2) is 0 Å². The molecule has 1 unspecified atom stereocenters. The van der Waals surface area contributed by atoms with E-state index in [2.05, 4.69) is 49.2 Å². The fourth-order valence-electron chi connectivity index (χ4n) is 2.75. The molecule has 1 saturated heterocycles. The molecule has 0 aliphatic carbocycles. The van der Waals surface area contributed by atoms with Gasteiger partial charge in [-0.2, -0.15) is 0 Å². The van der Waals surface area contributed by atoms with E-state index in [9.17, 15) is 0 Å². The van der Waals surface area contributed by atoms with Crippen LogP contribution >= 0.6 is 24.8 Å². The molecule has 0 saturated carbocycles. The van der Waals surface area contributed by atoms with Crippen molar-refractivity contribution in [1.82, 2.24) is 15.2 Å². The molecule has 1 aliphatic heterocycles. The number of halogens is 2. The van der Waals surface area contributed by atoms with Gasteiger partial charge >= 0.3 is 0 Å². The summed E-state index contributed by atoms with van der Waals surface area (Å²) in [6.45, 7) is 11.1. The summed E-state index contributed by atoms with van der Waals surface area (Å²) in [5.74, 6) is 0.650. The number of aryl methyl sites for hydroxylation is 1. The van der Waals surface area contributed by atoms with Crippen molar-refractivity contribution in [2.75, 3.05) is 26.2 Å². The number of piperazine rings is 1. The highest BCUT2D eigenvalue weighted by atomic mass is 35.5. The van der Waals surface area contributed by atoms with Crippen LogP contribution in [0, 0.1) is 12.8 Å². The Kier molecular flexibility index (Phi) is 9.39. The summed E-state index contributed by atoms with van der Waals surface area (Å²) in [6, 6.07) is 6.87. The highest BCUT2D eigenvalue weighted by Crippen LogP contribution is 2.29. The van der Waals surface area contributed by atoms with Gasteiger partial charge < -0.3 is 5.32 Å². The summed E-state index contributed by atoms with van der Waals surface area (Å²) in [4.78, 5) is 7.35. The van der Waals surface area contributed by atoms with Crippen LogP contribution < -0.4 is 5.32 Å². The molecule has 2 heterocycles. The largest absolute Gasteiger partial charge is 0.314 e. The van der Waals surface area contributed by atoms with Gasteiger partial charge in [-0.1, -0.05) is 26.3 Å². The average molecular weight is 320 g/mol. The zero-order valence-corrected chi connectivity index (χ0v) is 14.3. The quantitative estimate of drug-likeness (QED) is 0.923. The van der Waals surface area contributed by atoms with Crippen molar-refractivity contribution in [2.24, 2.45) is 5.92 Å². The van der Waals surface area contributed by atoms with E-state index in [-0.39, 0.29) is 24.8 Å². The third kappa shape index (κ3) is 4.88. The minimum absolute atomic E-state index is 0. The van der Waals surface area contributed by atoms with Gasteiger partial charge in [0.2, 0.25) is 0 Å². The molecule has 2 atom stereocenters. The summed E-state index contributed by atoms with van der Waals surface area (Å²) in [7, 11) is 0. The van der Waals surface area contributed by atoms with E-state index in [1.165, 1.54) is 12.1 Å². The molecule has 116 valence electrons. The number of hydrogen-bond acceptors (Lipinski definition) is 3. The molecule has 3 nitrogen and oxygen atoms in total. The highest BCUT2D eigenvalue weighted by molar-refractivity contribution is 5.85. The predicted molar refractivity (Wildman–Crippen MR) is 90.1 cm³/mol.